The molecule has 0 spiro atoms. The molecule has 92 valence electrons. The Morgan fingerprint density at radius 2 is 1.88 bits per heavy atom. The number of alkyl halides is 1. The number of nitrogens with zero attached hydrogens (tertiary/aromatic N) is 1. The zero-order valence-corrected chi connectivity index (χ0v) is 11.5. The number of benzene rings is 1. The van der Waals surface area contributed by atoms with E-state index in [0.29, 0.717) is 0 Å². The molecule has 3 heteroatoms. The van der Waals surface area contributed by atoms with E-state index < -0.39 is 0 Å². The molecule has 1 heterocycles. The Hall–Kier alpha value is -0.830. The Morgan fingerprint density at radius 3 is 2.47 bits per heavy atom. The van der Waals surface area contributed by atoms with Gasteiger partial charge in [0.05, 0.1) is 0 Å². The van der Waals surface area contributed by atoms with Crippen LogP contribution < -0.4 is 0 Å². The largest absolute Gasteiger partial charge is 0.339 e. The van der Waals surface area contributed by atoms with Gasteiger partial charge in [0.1, 0.15) is 0 Å². The Balaban J connectivity index is 1.91. The maximum absolute atomic E-state index is 12.2. The summed E-state index contributed by atoms with van der Waals surface area (Å²) in [4.78, 5) is 14.2. The van der Waals surface area contributed by atoms with Crippen LogP contribution in [0.25, 0.3) is 0 Å². The summed E-state index contributed by atoms with van der Waals surface area (Å²) in [5, 5.41) is 1.07. The Labute approximate surface area is 111 Å². The third-order valence-corrected chi connectivity index (χ3v) is 3.90. The lowest BCUT2D eigenvalue weighted by Gasteiger charge is -2.31. The summed E-state index contributed by atoms with van der Waals surface area (Å²) in [6.07, 6.45) is 3.52. The molecular formula is C14H18BrNO. The van der Waals surface area contributed by atoms with Gasteiger partial charge in [-0.2, -0.15) is 0 Å². The van der Waals surface area contributed by atoms with E-state index >= 15 is 0 Å². The van der Waals surface area contributed by atoms with Gasteiger partial charge in [-0.25, -0.2) is 0 Å². The van der Waals surface area contributed by atoms with Crippen LogP contribution in [0.2, 0.25) is 0 Å². The molecule has 1 fully saturated rings. The van der Waals surface area contributed by atoms with Crippen LogP contribution in [0.4, 0.5) is 0 Å². The highest BCUT2D eigenvalue weighted by molar-refractivity contribution is 9.09. The topological polar surface area (TPSA) is 20.3 Å². The molecule has 1 amide bonds. The van der Waals surface area contributed by atoms with Gasteiger partial charge in [-0.1, -0.05) is 34.1 Å². The fourth-order valence-electron chi connectivity index (χ4n) is 2.34. The SMILES string of the molecule is O=C(c1ccccc1)N1CCC(CCBr)CC1. The number of carbonyl (C=O) groups is 1. The number of halogens is 1. The van der Waals surface area contributed by atoms with Gasteiger partial charge >= 0.3 is 0 Å². The van der Waals surface area contributed by atoms with Crippen LogP contribution in [0.15, 0.2) is 30.3 Å². The van der Waals surface area contributed by atoms with Crippen molar-refractivity contribution in [2.24, 2.45) is 5.92 Å². The van der Waals surface area contributed by atoms with Crippen LogP contribution in [0.1, 0.15) is 29.6 Å². The normalized spacial score (nSPS) is 17.1. The van der Waals surface area contributed by atoms with Crippen LogP contribution in [0.5, 0.6) is 0 Å². The standard InChI is InChI=1S/C14H18BrNO/c15-9-6-12-7-10-16(11-8-12)14(17)13-4-2-1-3-5-13/h1-5,12H,6-11H2. The highest BCUT2D eigenvalue weighted by Crippen LogP contribution is 2.22. The second-order valence-electron chi connectivity index (χ2n) is 4.58. The average Bonchev–Trinajstić information content (AvgIpc) is 2.40. The first-order chi connectivity index (χ1) is 8.31. The highest BCUT2D eigenvalue weighted by Gasteiger charge is 2.22. The van der Waals surface area contributed by atoms with E-state index in [9.17, 15) is 4.79 Å². The van der Waals surface area contributed by atoms with Crippen molar-refractivity contribution in [1.82, 2.24) is 4.90 Å². The van der Waals surface area contributed by atoms with Crippen molar-refractivity contribution in [3.8, 4) is 0 Å². The summed E-state index contributed by atoms with van der Waals surface area (Å²) in [5.74, 6) is 0.970. The van der Waals surface area contributed by atoms with E-state index in [1.165, 1.54) is 6.42 Å². The molecule has 0 atom stereocenters. The zero-order valence-electron chi connectivity index (χ0n) is 9.94. The van der Waals surface area contributed by atoms with E-state index in [-0.39, 0.29) is 5.91 Å². The molecule has 0 N–H and O–H groups in total. The fraction of sp³-hybridized carbons (Fsp3) is 0.500. The lowest BCUT2D eigenvalue weighted by molar-refractivity contribution is 0.0689. The second kappa shape index (κ2) is 6.20. The maximum atomic E-state index is 12.2. The van der Waals surface area contributed by atoms with Crippen molar-refractivity contribution in [2.75, 3.05) is 18.4 Å². The Bertz CT molecular complexity index is 358. The Morgan fingerprint density at radius 1 is 1.24 bits per heavy atom. The van der Waals surface area contributed by atoms with Gasteiger partial charge < -0.3 is 4.90 Å². The van der Waals surface area contributed by atoms with Crippen molar-refractivity contribution < 1.29 is 4.79 Å². The van der Waals surface area contributed by atoms with Crippen LogP contribution in [-0.4, -0.2) is 29.2 Å². The fourth-order valence-corrected chi connectivity index (χ4v) is 2.99. The van der Waals surface area contributed by atoms with Gasteiger partial charge in [-0.3, -0.25) is 4.79 Å². The molecular weight excluding hydrogens is 278 g/mol. The molecule has 2 rings (SSSR count). The number of rotatable bonds is 3. The van der Waals surface area contributed by atoms with E-state index in [1.807, 2.05) is 35.2 Å². The first-order valence-electron chi connectivity index (χ1n) is 6.21. The van der Waals surface area contributed by atoms with Crippen LogP contribution in [0.3, 0.4) is 0 Å². The number of hydrogen-bond donors (Lipinski definition) is 0. The Kier molecular flexibility index (Phi) is 4.60. The van der Waals surface area contributed by atoms with E-state index in [0.717, 1.165) is 42.7 Å². The summed E-state index contributed by atoms with van der Waals surface area (Å²) in [5.41, 5.74) is 0.812. The van der Waals surface area contributed by atoms with E-state index in [4.69, 9.17) is 0 Å². The number of piperidine rings is 1. The highest BCUT2D eigenvalue weighted by atomic mass is 79.9. The predicted octanol–water partition coefficient (Wildman–Crippen LogP) is 3.32. The first kappa shape index (κ1) is 12.6. The van der Waals surface area contributed by atoms with Crippen LogP contribution >= 0.6 is 15.9 Å². The molecule has 0 aromatic heterocycles. The summed E-state index contributed by atoms with van der Waals surface area (Å²) in [7, 11) is 0. The quantitative estimate of drug-likeness (QED) is 0.784. The van der Waals surface area contributed by atoms with E-state index in [1.54, 1.807) is 0 Å². The summed E-state index contributed by atoms with van der Waals surface area (Å²) >= 11 is 3.49. The minimum atomic E-state index is 0.183. The lowest BCUT2D eigenvalue weighted by Crippen LogP contribution is -2.38. The van der Waals surface area contributed by atoms with Gasteiger partial charge in [0.15, 0.2) is 0 Å². The monoisotopic (exact) mass is 295 g/mol. The van der Waals surface area contributed by atoms with Gasteiger partial charge in [0, 0.05) is 24.0 Å². The summed E-state index contributed by atoms with van der Waals surface area (Å²) < 4.78 is 0. The number of carbonyl (C=O) groups excluding carboxylic acids is 1. The molecule has 1 aliphatic rings. The molecule has 2 nitrogen and oxygen atoms in total. The molecule has 17 heavy (non-hydrogen) atoms. The van der Waals surface area contributed by atoms with Crippen molar-refractivity contribution >= 4 is 21.8 Å². The lowest BCUT2D eigenvalue weighted by atomic mass is 9.94. The molecule has 1 aromatic carbocycles. The zero-order chi connectivity index (χ0) is 12.1. The molecule has 0 unspecified atom stereocenters. The third-order valence-electron chi connectivity index (χ3n) is 3.44. The molecule has 0 saturated carbocycles. The van der Waals surface area contributed by atoms with Crippen molar-refractivity contribution in [3.63, 3.8) is 0 Å². The second-order valence-corrected chi connectivity index (χ2v) is 5.37. The molecule has 0 radical (unpaired) electrons. The third kappa shape index (κ3) is 3.32. The van der Waals surface area contributed by atoms with Crippen molar-refractivity contribution in [2.45, 2.75) is 19.3 Å². The smallest absolute Gasteiger partial charge is 0.253 e. The van der Waals surface area contributed by atoms with E-state index in [2.05, 4.69) is 15.9 Å². The van der Waals surface area contributed by atoms with Gasteiger partial charge in [-0.05, 0) is 37.3 Å². The molecule has 0 bridgehead atoms. The van der Waals surface area contributed by atoms with Crippen LogP contribution in [0, 0.1) is 5.92 Å². The molecule has 0 aliphatic carbocycles. The summed E-state index contributed by atoms with van der Waals surface area (Å²) in [6.45, 7) is 1.82. The van der Waals surface area contributed by atoms with Crippen molar-refractivity contribution in [1.29, 1.82) is 0 Å². The number of likely N-dealkylation sites (tertiary alicyclic amines) is 1. The van der Waals surface area contributed by atoms with Crippen LogP contribution in [-0.2, 0) is 0 Å². The minimum absolute atomic E-state index is 0.183. The molecule has 1 saturated heterocycles. The number of hydrogen-bond acceptors (Lipinski definition) is 1. The maximum Gasteiger partial charge on any atom is 0.253 e. The molecule has 1 aliphatic heterocycles. The summed E-state index contributed by atoms with van der Waals surface area (Å²) in [6, 6.07) is 9.58. The minimum Gasteiger partial charge on any atom is -0.339 e. The number of amides is 1. The van der Waals surface area contributed by atoms with Crippen molar-refractivity contribution in [3.05, 3.63) is 35.9 Å². The van der Waals surface area contributed by atoms with Gasteiger partial charge in [-0.15, -0.1) is 0 Å². The molecule has 1 aromatic rings. The predicted molar refractivity (Wildman–Crippen MR) is 73.5 cm³/mol. The first-order valence-corrected chi connectivity index (χ1v) is 7.33. The van der Waals surface area contributed by atoms with Gasteiger partial charge in [0.25, 0.3) is 5.91 Å². The van der Waals surface area contributed by atoms with Gasteiger partial charge in [0.2, 0.25) is 0 Å². The average molecular weight is 296 g/mol.